The first-order valence-electron chi connectivity index (χ1n) is 8.95. The van der Waals surface area contributed by atoms with Gasteiger partial charge in [-0.3, -0.25) is 9.69 Å². The number of carbonyl (C=O) groups excluding carboxylic acids is 2. The van der Waals surface area contributed by atoms with Gasteiger partial charge in [-0.25, -0.2) is 4.79 Å². The monoisotopic (exact) mass is 351 g/mol. The lowest BCUT2D eigenvalue weighted by atomic mass is 9.74. The van der Waals surface area contributed by atoms with Crippen LogP contribution in [0, 0.1) is 11.8 Å². The van der Waals surface area contributed by atoms with E-state index in [0.717, 1.165) is 25.1 Å². The van der Waals surface area contributed by atoms with Gasteiger partial charge in [0.1, 0.15) is 18.3 Å². The van der Waals surface area contributed by atoms with Crippen LogP contribution in [0.1, 0.15) is 27.2 Å². The summed E-state index contributed by atoms with van der Waals surface area (Å²) in [5.41, 5.74) is -2.24. The zero-order valence-corrected chi connectivity index (χ0v) is 14.9. The normalized spacial score (nSPS) is 44.2. The second kappa shape index (κ2) is 5.53. The molecule has 0 saturated carbocycles. The first-order chi connectivity index (χ1) is 11.8. The molecule has 7 heteroatoms. The Morgan fingerprint density at radius 1 is 1.36 bits per heavy atom. The molecule has 0 aromatic heterocycles. The second-order valence-electron chi connectivity index (χ2n) is 8.03. The van der Waals surface area contributed by atoms with Gasteiger partial charge in [-0.2, -0.15) is 0 Å². The van der Waals surface area contributed by atoms with Crippen molar-refractivity contribution >= 4 is 11.9 Å². The summed E-state index contributed by atoms with van der Waals surface area (Å²) in [6.07, 6.45) is 2.53. The fourth-order valence-corrected chi connectivity index (χ4v) is 4.65. The largest absolute Gasteiger partial charge is 0.460 e. The fraction of sp³-hybridized carbons (Fsp3) is 0.778. The Balaban J connectivity index is 1.73. The average molecular weight is 351 g/mol. The molecule has 138 valence electrons. The van der Waals surface area contributed by atoms with Gasteiger partial charge < -0.3 is 19.3 Å². The lowest BCUT2D eigenvalue weighted by molar-refractivity contribution is -0.179. The molecule has 4 heterocycles. The molecule has 4 aliphatic rings. The number of nitrogens with zero attached hydrogens (tertiary/aromatic N) is 1. The van der Waals surface area contributed by atoms with Crippen molar-refractivity contribution in [3.8, 4) is 0 Å². The summed E-state index contributed by atoms with van der Waals surface area (Å²) < 4.78 is 16.9. The van der Waals surface area contributed by atoms with Crippen LogP contribution in [0.5, 0.6) is 0 Å². The van der Waals surface area contributed by atoms with E-state index in [1.54, 1.807) is 0 Å². The molecular formula is C18H25NO6. The lowest BCUT2D eigenvalue weighted by Crippen LogP contribution is -2.57. The molecule has 0 amide bonds. The van der Waals surface area contributed by atoms with E-state index >= 15 is 0 Å². The van der Waals surface area contributed by atoms with Gasteiger partial charge in [-0.15, -0.1) is 0 Å². The number of aliphatic hydroxyl groups is 1. The van der Waals surface area contributed by atoms with Crippen molar-refractivity contribution in [2.75, 3.05) is 26.3 Å². The standard InChI is InChI=1S/C18H25NO6/c1-10(2)13-15(20)25-12-5-7-19-6-4-11(14(12)19)8-23-16(21)17(3,22)18(13)9-24-18/h4,10,12-14,22H,5-9H2,1-3H3/t12-,13-,14?,17+,18-/m1/s1. The minimum atomic E-state index is -1.90. The molecule has 4 rings (SSSR count). The van der Waals surface area contributed by atoms with Crippen molar-refractivity contribution in [2.24, 2.45) is 11.8 Å². The second-order valence-corrected chi connectivity index (χ2v) is 8.03. The number of esters is 2. The number of epoxide rings is 1. The minimum Gasteiger partial charge on any atom is -0.460 e. The summed E-state index contributed by atoms with van der Waals surface area (Å²) in [7, 11) is 0. The Hall–Kier alpha value is -1.44. The first kappa shape index (κ1) is 17.0. The van der Waals surface area contributed by atoms with Gasteiger partial charge in [0.2, 0.25) is 0 Å². The van der Waals surface area contributed by atoms with E-state index in [0.29, 0.717) is 0 Å². The third kappa shape index (κ3) is 2.36. The predicted molar refractivity (Wildman–Crippen MR) is 86.5 cm³/mol. The van der Waals surface area contributed by atoms with Crippen LogP contribution in [0.4, 0.5) is 0 Å². The van der Waals surface area contributed by atoms with Crippen LogP contribution in [0.25, 0.3) is 0 Å². The molecule has 1 spiro atoms. The molecule has 0 aromatic carbocycles. The van der Waals surface area contributed by atoms with Crippen LogP contribution in [-0.2, 0) is 23.8 Å². The molecule has 5 atom stereocenters. The molecule has 7 nitrogen and oxygen atoms in total. The zero-order valence-electron chi connectivity index (χ0n) is 14.9. The summed E-state index contributed by atoms with van der Waals surface area (Å²) in [4.78, 5) is 27.9. The molecule has 0 aromatic rings. The van der Waals surface area contributed by atoms with Gasteiger partial charge in [0.05, 0.1) is 18.6 Å². The highest BCUT2D eigenvalue weighted by Crippen LogP contribution is 2.49. The maximum atomic E-state index is 13.0. The van der Waals surface area contributed by atoms with Gasteiger partial charge in [0.25, 0.3) is 0 Å². The number of rotatable bonds is 1. The highest BCUT2D eigenvalue weighted by molar-refractivity contribution is 5.85. The fourth-order valence-electron chi connectivity index (χ4n) is 4.65. The highest BCUT2D eigenvalue weighted by atomic mass is 16.6. The summed E-state index contributed by atoms with van der Waals surface area (Å²) >= 11 is 0. The molecular weight excluding hydrogens is 326 g/mol. The number of cyclic esters (lactones) is 1. The molecule has 4 aliphatic heterocycles. The summed E-state index contributed by atoms with van der Waals surface area (Å²) in [5.74, 6) is -2.03. The van der Waals surface area contributed by atoms with Gasteiger partial charge in [0, 0.05) is 13.1 Å². The van der Waals surface area contributed by atoms with Crippen LogP contribution in [0.15, 0.2) is 11.6 Å². The van der Waals surface area contributed by atoms with Gasteiger partial charge in [-0.05, 0) is 24.8 Å². The molecule has 0 aliphatic carbocycles. The molecule has 3 saturated heterocycles. The molecule has 25 heavy (non-hydrogen) atoms. The quantitative estimate of drug-likeness (QED) is 0.412. The van der Waals surface area contributed by atoms with Crippen molar-refractivity contribution in [1.29, 1.82) is 0 Å². The Kier molecular flexibility index (Phi) is 3.76. The third-order valence-electron chi connectivity index (χ3n) is 6.15. The van der Waals surface area contributed by atoms with Gasteiger partial charge in [0.15, 0.2) is 5.60 Å². The maximum Gasteiger partial charge on any atom is 0.341 e. The van der Waals surface area contributed by atoms with E-state index in [-0.39, 0.29) is 31.3 Å². The van der Waals surface area contributed by atoms with E-state index in [1.165, 1.54) is 6.92 Å². The number of carbonyl (C=O) groups is 2. The van der Waals surface area contributed by atoms with Crippen molar-refractivity contribution < 1.29 is 28.9 Å². The number of ether oxygens (including phenoxy) is 3. The number of hydrogen-bond donors (Lipinski definition) is 1. The summed E-state index contributed by atoms with van der Waals surface area (Å²) in [6.45, 7) is 6.98. The average Bonchev–Trinajstić information content (AvgIpc) is 3.08. The Morgan fingerprint density at radius 2 is 2.08 bits per heavy atom. The van der Waals surface area contributed by atoms with E-state index in [9.17, 15) is 14.7 Å². The van der Waals surface area contributed by atoms with Crippen LogP contribution in [0.3, 0.4) is 0 Å². The molecule has 3 fully saturated rings. The van der Waals surface area contributed by atoms with Gasteiger partial charge >= 0.3 is 11.9 Å². The number of hydrogen-bond acceptors (Lipinski definition) is 7. The SMILES string of the molecule is CC(C)[C@@H]1C(=O)O[C@@H]2CCN3CC=C(COC(=O)[C@](C)(O)[C@@]14CO4)C23. The zero-order chi connectivity index (χ0) is 18.0. The molecule has 0 radical (unpaired) electrons. The van der Waals surface area contributed by atoms with Crippen LogP contribution in [0.2, 0.25) is 0 Å². The Bertz CT molecular complexity index is 635. The van der Waals surface area contributed by atoms with Crippen LogP contribution < -0.4 is 0 Å². The van der Waals surface area contributed by atoms with Crippen molar-refractivity contribution in [3.63, 3.8) is 0 Å². The van der Waals surface area contributed by atoms with Gasteiger partial charge in [-0.1, -0.05) is 19.9 Å². The Morgan fingerprint density at radius 3 is 2.72 bits per heavy atom. The molecule has 1 unspecified atom stereocenters. The van der Waals surface area contributed by atoms with Crippen molar-refractivity contribution in [3.05, 3.63) is 11.6 Å². The van der Waals surface area contributed by atoms with E-state index in [2.05, 4.69) is 4.90 Å². The third-order valence-corrected chi connectivity index (χ3v) is 6.15. The van der Waals surface area contributed by atoms with Crippen molar-refractivity contribution in [1.82, 2.24) is 4.90 Å². The highest BCUT2D eigenvalue weighted by Gasteiger charge is 2.70. The summed E-state index contributed by atoms with van der Waals surface area (Å²) in [6, 6.07) is -0.0383. The van der Waals surface area contributed by atoms with E-state index in [1.807, 2.05) is 19.9 Å². The van der Waals surface area contributed by atoms with E-state index < -0.39 is 29.1 Å². The van der Waals surface area contributed by atoms with E-state index in [4.69, 9.17) is 14.2 Å². The molecule has 1 N–H and O–H groups in total. The van der Waals surface area contributed by atoms with Crippen molar-refractivity contribution in [2.45, 2.75) is 50.5 Å². The minimum absolute atomic E-state index is 0.0383. The maximum absolute atomic E-state index is 13.0. The van der Waals surface area contributed by atoms with Crippen LogP contribution >= 0.6 is 0 Å². The Labute approximate surface area is 146 Å². The summed E-state index contributed by atoms with van der Waals surface area (Å²) in [5, 5.41) is 10.9. The molecule has 0 bridgehead atoms. The topological polar surface area (TPSA) is 88.6 Å². The lowest BCUT2D eigenvalue weighted by Gasteiger charge is -2.35. The van der Waals surface area contributed by atoms with Crippen LogP contribution in [-0.4, -0.2) is 71.6 Å². The predicted octanol–water partition coefficient (Wildman–Crippen LogP) is 0.262. The first-order valence-corrected chi connectivity index (χ1v) is 8.95. The smallest absolute Gasteiger partial charge is 0.341 e.